The number of nitrogens with one attached hydrogen (secondary N) is 1. The van der Waals surface area contributed by atoms with Crippen LogP contribution in [0.3, 0.4) is 0 Å². The van der Waals surface area contributed by atoms with Crippen molar-refractivity contribution >= 4 is 17.0 Å². The van der Waals surface area contributed by atoms with Gasteiger partial charge < -0.3 is 29.9 Å². The Morgan fingerprint density at radius 1 is 1.21 bits per heavy atom. The highest BCUT2D eigenvalue weighted by Crippen LogP contribution is 2.27. The molecular weight excluding hydrogens is 442 g/mol. The van der Waals surface area contributed by atoms with E-state index in [-0.39, 0.29) is 0 Å². The van der Waals surface area contributed by atoms with Gasteiger partial charge in [0.1, 0.15) is 36.1 Å². The third kappa shape index (κ3) is 4.84. The maximum absolute atomic E-state index is 12.4. The molecule has 4 unspecified atom stereocenters. The van der Waals surface area contributed by atoms with Crippen molar-refractivity contribution in [1.82, 2.24) is 14.8 Å². The first-order valence-corrected chi connectivity index (χ1v) is 10.8. The highest BCUT2D eigenvalue weighted by atomic mass is 16.6. The molecule has 0 aliphatic carbocycles. The lowest BCUT2D eigenvalue weighted by Crippen LogP contribution is -2.58. The summed E-state index contributed by atoms with van der Waals surface area (Å²) in [6.45, 7) is 4.85. The van der Waals surface area contributed by atoms with Gasteiger partial charge in [0, 0.05) is 23.3 Å². The predicted octanol–water partition coefficient (Wildman–Crippen LogP) is 1.01. The van der Waals surface area contributed by atoms with Gasteiger partial charge in [-0.05, 0) is 44.5 Å². The second-order valence-electron chi connectivity index (χ2n) is 9.16. The van der Waals surface area contributed by atoms with Crippen LogP contribution in [0.25, 0.3) is 22.0 Å². The third-order valence-corrected chi connectivity index (χ3v) is 5.42. The fourth-order valence-electron chi connectivity index (χ4n) is 3.69. The normalized spacial score (nSPS) is 25.1. The number of ether oxygens (including phenoxy) is 2. The number of rotatable bonds is 2. The fourth-order valence-corrected chi connectivity index (χ4v) is 3.69. The smallest absolute Gasteiger partial charge is 0.418 e. The van der Waals surface area contributed by atoms with Crippen LogP contribution in [0.4, 0.5) is 4.79 Å². The number of aromatic nitrogens is 3. The summed E-state index contributed by atoms with van der Waals surface area (Å²) >= 11 is 0. The number of benzene rings is 1. The van der Waals surface area contributed by atoms with Gasteiger partial charge in [-0.3, -0.25) is 9.67 Å². The number of carbonyl (C=O) groups excluding carboxylic acids is 1. The van der Waals surface area contributed by atoms with Crippen LogP contribution in [0.2, 0.25) is 0 Å². The maximum atomic E-state index is 12.4. The van der Waals surface area contributed by atoms with E-state index in [1.54, 1.807) is 51.5 Å². The van der Waals surface area contributed by atoms with Crippen LogP contribution in [0.1, 0.15) is 26.3 Å². The Balaban J connectivity index is 1.66. The molecule has 5 atom stereocenters. The van der Waals surface area contributed by atoms with Crippen LogP contribution in [0.5, 0.6) is 0 Å². The molecule has 1 aliphatic heterocycles. The van der Waals surface area contributed by atoms with Crippen molar-refractivity contribution in [2.75, 3.05) is 6.61 Å². The summed E-state index contributed by atoms with van der Waals surface area (Å²) in [5.74, 6) is 5.73. The molecule has 0 spiro atoms. The Morgan fingerprint density at radius 3 is 2.68 bits per heavy atom. The molecule has 1 saturated heterocycles. The quantitative estimate of drug-likeness (QED) is 0.349. The molecular formula is C24H27N3O7. The number of hydrogen-bond donors (Lipinski definition) is 5. The summed E-state index contributed by atoms with van der Waals surface area (Å²) in [6, 6.07) is 5.47. The first kappa shape index (κ1) is 23.9. The van der Waals surface area contributed by atoms with E-state index in [0.717, 1.165) is 16.5 Å². The Labute approximate surface area is 195 Å². The Kier molecular flexibility index (Phi) is 6.49. The van der Waals surface area contributed by atoms with Crippen LogP contribution >= 0.6 is 0 Å². The Bertz CT molecular complexity index is 1240. The molecule has 180 valence electrons. The van der Waals surface area contributed by atoms with E-state index >= 15 is 0 Å². The number of aromatic amines is 1. The van der Waals surface area contributed by atoms with Crippen LogP contribution in [-0.4, -0.2) is 84.0 Å². The van der Waals surface area contributed by atoms with E-state index in [4.69, 9.17) is 9.47 Å². The van der Waals surface area contributed by atoms with Crippen LogP contribution in [0, 0.1) is 11.8 Å². The Hall–Kier alpha value is -3.20. The molecule has 5 N–H and O–H groups in total. The van der Waals surface area contributed by atoms with Crippen molar-refractivity contribution < 1.29 is 34.7 Å². The summed E-state index contributed by atoms with van der Waals surface area (Å²) in [7, 11) is 0. The lowest BCUT2D eigenvalue weighted by atomic mass is 9.95. The molecule has 2 aromatic heterocycles. The summed E-state index contributed by atoms with van der Waals surface area (Å²) < 4.78 is 12.2. The van der Waals surface area contributed by atoms with E-state index in [0.29, 0.717) is 11.1 Å². The number of fused-ring (bicyclic) bond motifs is 1. The Morgan fingerprint density at radius 2 is 1.97 bits per heavy atom. The number of hydrogen-bond acceptors (Lipinski definition) is 8. The van der Waals surface area contributed by atoms with Crippen molar-refractivity contribution in [1.29, 1.82) is 0 Å². The molecule has 34 heavy (non-hydrogen) atoms. The number of nitrogens with zero attached hydrogens (tertiary/aromatic N) is 2. The van der Waals surface area contributed by atoms with Crippen molar-refractivity contribution in [2.45, 2.75) is 56.9 Å². The lowest BCUT2D eigenvalue weighted by molar-refractivity contribution is -0.214. The topological polar surface area (TPSA) is 150 Å². The van der Waals surface area contributed by atoms with Gasteiger partial charge in [-0.15, -0.1) is 0 Å². The van der Waals surface area contributed by atoms with Crippen molar-refractivity contribution in [3.8, 4) is 23.0 Å². The number of H-pyrrole nitrogens is 1. The second-order valence-corrected chi connectivity index (χ2v) is 9.16. The van der Waals surface area contributed by atoms with Gasteiger partial charge in [-0.25, -0.2) is 4.79 Å². The molecule has 0 amide bonds. The van der Waals surface area contributed by atoms with Gasteiger partial charge in [0.2, 0.25) is 0 Å². The number of aliphatic hydroxyl groups excluding tert-OH is 4. The maximum Gasteiger partial charge on any atom is 0.418 e. The summed E-state index contributed by atoms with van der Waals surface area (Å²) in [4.78, 5) is 12.4. The monoisotopic (exact) mass is 469 g/mol. The molecule has 1 fully saturated rings. The molecule has 0 bridgehead atoms. The zero-order valence-electron chi connectivity index (χ0n) is 19.0. The van der Waals surface area contributed by atoms with E-state index < -0.39 is 48.8 Å². The van der Waals surface area contributed by atoms with Crippen LogP contribution in [-0.2, 0) is 9.47 Å². The minimum atomic E-state index is -1.50. The molecule has 10 heteroatoms. The highest BCUT2D eigenvalue weighted by Gasteiger charge is 2.42. The van der Waals surface area contributed by atoms with Gasteiger partial charge in [0.05, 0.1) is 23.9 Å². The van der Waals surface area contributed by atoms with Crippen LogP contribution in [0.15, 0.2) is 36.8 Å². The number of carbonyl (C=O) groups is 1. The van der Waals surface area contributed by atoms with E-state index in [2.05, 4.69) is 22.0 Å². The standard InChI is InChI=1S/C24H27N3O7/c1-24(2,3)34-23(32)27-7-6-14(11-27)15-8-13(19-16(9-15)10-25-26-19)4-5-17-20(29)22(31)21(30)18(12-28)33-17/h6-11,17-18,20-22,28-31H,12H2,1-3H3,(H,25,26)/t17?,18?,20?,21-,22?/m1/s1. The second kappa shape index (κ2) is 9.21. The fraction of sp³-hybridized carbons (Fsp3) is 0.417. The SMILES string of the molecule is CC(C)(C)OC(=O)n1ccc(-c2cc(C#CC3OC(CO)[C@@H](O)C(O)C3O)c3[nH]ncc3c2)c1. The molecule has 4 rings (SSSR count). The highest BCUT2D eigenvalue weighted by molar-refractivity contribution is 5.89. The average molecular weight is 469 g/mol. The summed E-state index contributed by atoms with van der Waals surface area (Å²) in [5.41, 5.74) is 2.11. The molecule has 0 saturated carbocycles. The van der Waals surface area contributed by atoms with Gasteiger partial charge in [0.15, 0.2) is 0 Å². The zero-order valence-corrected chi connectivity index (χ0v) is 19.0. The molecule has 1 aliphatic rings. The van der Waals surface area contributed by atoms with Gasteiger partial charge in [-0.1, -0.05) is 11.8 Å². The predicted molar refractivity (Wildman–Crippen MR) is 122 cm³/mol. The van der Waals surface area contributed by atoms with Crippen molar-refractivity contribution in [2.24, 2.45) is 0 Å². The van der Waals surface area contributed by atoms with E-state index in [1.165, 1.54) is 4.57 Å². The molecule has 3 heterocycles. The summed E-state index contributed by atoms with van der Waals surface area (Å²) in [5, 5.41) is 47.3. The van der Waals surface area contributed by atoms with Gasteiger partial charge in [-0.2, -0.15) is 5.10 Å². The van der Waals surface area contributed by atoms with E-state index in [1.807, 2.05) is 6.07 Å². The molecule has 3 aromatic rings. The average Bonchev–Trinajstić information content (AvgIpc) is 3.45. The summed E-state index contributed by atoms with van der Waals surface area (Å²) in [6.07, 6.45) is -2.14. The number of aliphatic hydroxyl groups is 4. The van der Waals surface area contributed by atoms with Crippen molar-refractivity contribution in [3.63, 3.8) is 0 Å². The molecule has 1 aromatic carbocycles. The molecule has 10 nitrogen and oxygen atoms in total. The first-order valence-electron chi connectivity index (χ1n) is 10.8. The van der Waals surface area contributed by atoms with E-state index in [9.17, 15) is 25.2 Å². The van der Waals surface area contributed by atoms with Gasteiger partial charge in [0.25, 0.3) is 0 Å². The zero-order chi connectivity index (χ0) is 24.6. The first-order chi connectivity index (χ1) is 16.1. The minimum absolute atomic E-state index is 0.495. The molecule has 0 radical (unpaired) electrons. The lowest BCUT2D eigenvalue weighted by Gasteiger charge is -2.37. The van der Waals surface area contributed by atoms with Gasteiger partial charge >= 0.3 is 6.09 Å². The van der Waals surface area contributed by atoms with Crippen molar-refractivity contribution in [3.05, 3.63) is 42.4 Å². The third-order valence-electron chi connectivity index (χ3n) is 5.42. The largest absolute Gasteiger partial charge is 0.443 e. The minimum Gasteiger partial charge on any atom is -0.443 e. The van der Waals surface area contributed by atoms with Crippen LogP contribution < -0.4 is 0 Å².